The summed E-state index contributed by atoms with van der Waals surface area (Å²) in [6.45, 7) is 1.49. The molecule has 0 saturated heterocycles. The van der Waals surface area contributed by atoms with E-state index in [-0.39, 0.29) is 11.7 Å². The number of carbonyl (C=O) groups is 1. The zero-order chi connectivity index (χ0) is 13.9. The quantitative estimate of drug-likeness (QED) is 0.908. The van der Waals surface area contributed by atoms with Crippen LogP contribution in [-0.2, 0) is 24.2 Å². The molecule has 3 heteroatoms. The Labute approximate surface area is 118 Å². The molecule has 0 saturated carbocycles. The molecule has 1 aliphatic rings. The largest absolute Gasteiger partial charge is 0.508 e. The molecular weight excluding hydrogens is 250 g/mol. The van der Waals surface area contributed by atoms with E-state index in [1.807, 2.05) is 17.0 Å². The molecule has 1 heterocycles. The molecule has 20 heavy (non-hydrogen) atoms. The van der Waals surface area contributed by atoms with Crippen LogP contribution in [0.3, 0.4) is 0 Å². The maximum atomic E-state index is 12.3. The predicted octanol–water partition coefficient (Wildman–Crippen LogP) is 2.52. The van der Waals surface area contributed by atoms with Crippen LogP contribution in [0.25, 0.3) is 0 Å². The molecule has 0 radical (unpaired) electrons. The summed E-state index contributed by atoms with van der Waals surface area (Å²) >= 11 is 0. The summed E-state index contributed by atoms with van der Waals surface area (Å²) in [5.74, 6) is 0.373. The van der Waals surface area contributed by atoms with Gasteiger partial charge in [0.2, 0.25) is 5.91 Å². The molecular formula is C17H17NO2. The summed E-state index contributed by atoms with van der Waals surface area (Å²) in [5.41, 5.74) is 3.53. The van der Waals surface area contributed by atoms with Crippen molar-refractivity contribution in [2.45, 2.75) is 19.4 Å². The van der Waals surface area contributed by atoms with E-state index in [2.05, 4.69) is 12.1 Å². The molecule has 3 nitrogen and oxygen atoms in total. The number of phenols is 1. The average Bonchev–Trinajstić information content (AvgIpc) is 2.49. The molecule has 1 amide bonds. The van der Waals surface area contributed by atoms with E-state index in [4.69, 9.17) is 0 Å². The van der Waals surface area contributed by atoms with Crippen LogP contribution in [-0.4, -0.2) is 22.5 Å². The van der Waals surface area contributed by atoms with E-state index in [0.29, 0.717) is 13.0 Å². The van der Waals surface area contributed by atoms with Crippen molar-refractivity contribution in [1.29, 1.82) is 0 Å². The van der Waals surface area contributed by atoms with Crippen molar-refractivity contribution in [2.24, 2.45) is 0 Å². The first kappa shape index (κ1) is 12.7. The Morgan fingerprint density at radius 2 is 1.75 bits per heavy atom. The lowest BCUT2D eigenvalue weighted by Crippen LogP contribution is -2.36. The van der Waals surface area contributed by atoms with Gasteiger partial charge in [-0.25, -0.2) is 0 Å². The van der Waals surface area contributed by atoms with Crippen molar-refractivity contribution in [3.8, 4) is 5.75 Å². The van der Waals surface area contributed by atoms with Gasteiger partial charge in [-0.3, -0.25) is 4.79 Å². The smallest absolute Gasteiger partial charge is 0.227 e. The van der Waals surface area contributed by atoms with Gasteiger partial charge >= 0.3 is 0 Å². The van der Waals surface area contributed by atoms with Gasteiger partial charge in [0.15, 0.2) is 0 Å². The second-order valence-corrected chi connectivity index (χ2v) is 5.18. The Morgan fingerprint density at radius 3 is 2.50 bits per heavy atom. The number of carbonyl (C=O) groups excluding carboxylic acids is 1. The van der Waals surface area contributed by atoms with Gasteiger partial charge in [0.1, 0.15) is 5.75 Å². The molecule has 3 rings (SSSR count). The van der Waals surface area contributed by atoms with Crippen LogP contribution >= 0.6 is 0 Å². The van der Waals surface area contributed by atoms with Crippen molar-refractivity contribution >= 4 is 5.91 Å². The van der Waals surface area contributed by atoms with Gasteiger partial charge in [-0.2, -0.15) is 0 Å². The summed E-state index contributed by atoms with van der Waals surface area (Å²) in [4.78, 5) is 14.2. The van der Waals surface area contributed by atoms with Gasteiger partial charge in [-0.1, -0.05) is 36.4 Å². The molecule has 0 spiro atoms. The Balaban J connectivity index is 1.68. The van der Waals surface area contributed by atoms with Crippen LogP contribution < -0.4 is 0 Å². The van der Waals surface area contributed by atoms with Gasteiger partial charge in [0, 0.05) is 13.1 Å². The average molecular weight is 267 g/mol. The highest BCUT2D eigenvalue weighted by molar-refractivity contribution is 5.79. The van der Waals surface area contributed by atoms with E-state index in [1.54, 1.807) is 24.3 Å². The zero-order valence-electron chi connectivity index (χ0n) is 11.2. The Hall–Kier alpha value is -2.29. The zero-order valence-corrected chi connectivity index (χ0v) is 11.2. The second kappa shape index (κ2) is 5.37. The van der Waals surface area contributed by atoms with E-state index < -0.39 is 0 Å². The molecule has 0 aromatic heterocycles. The van der Waals surface area contributed by atoms with Crippen molar-refractivity contribution in [1.82, 2.24) is 4.90 Å². The maximum Gasteiger partial charge on any atom is 0.227 e. The number of fused-ring (bicyclic) bond motifs is 1. The summed E-state index contributed by atoms with van der Waals surface area (Å²) in [6, 6.07) is 15.1. The highest BCUT2D eigenvalue weighted by atomic mass is 16.3. The molecule has 0 unspecified atom stereocenters. The first-order valence-corrected chi connectivity index (χ1v) is 6.85. The highest BCUT2D eigenvalue weighted by Crippen LogP contribution is 2.19. The number of phenolic OH excluding ortho intramolecular Hbond substituents is 1. The minimum atomic E-state index is 0.144. The number of aromatic hydroxyl groups is 1. The minimum absolute atomic E-state index is 0.144. The van der Waals surface area contributed by atoms with Gasteiger partial charge in [-0.05, 0) is 35.2 Å². The summed E-state index contributed by atoms with van der Waals surface area (Å²) in [6.07, 6.45) is 1.32. The van der Waals surface area contributed by atoms with Gasteiger partial charge in [0.05, 0.1) is 6.42 Å². The lowest BCUT2D eigenvalue weighted by Gasteiger charge is -2.29. The van der Waals surface area contributed by atoms with E-state index in [9.17, 15) is 9.90 Å². The van der Waals surface area contributed by atoms with Gasteiger partial charge in [-0.15, -0.1) is 0 Å². The molecule has 1 aliphatic heterocycles. The first-order valence-electron chi connectivity index (χ1n) is 6.85. The number of hydrogen-bond acceptors (Lipinski definition) is 2. The summed E-state index contributed by atoms with van der Waals surface area (Å²) in [7, 11) is 0. The van der Waals surface area contributed by atoms with Crippen molar-refractivity contribution < 1.29 is 9.90 Å². The summed E-state index contributed by atoms with van der Waals surface area (Å²) < 4.78 is 0. The van der Waals surface area contributed by atoms with Crippen molar-refractivity contribution in [3.63, 3.8) is 0 Å². The lowest BCUT2D eigenvalue weighted by atomic mass is 9.99. The van der Waals surface area contributed by atoms with Crippen molar-refractivity contribution in [2.75, 3.05) is 6.54 Å². The standard InChI is InChI=1S/C17H17NO2/c19-16-7-5-13(6-8-16)11-17(20)18-10-9-14-3-1-2-4-15(14)12-18/h1-8,19H,9-12H2. The Morgan fingerprint density at radius 1 is 1.05 bits per heavy atom. The number of amides is 1. The van der Waals surface area contributed by atoms with Crippen LogP contribution in [0.15, 0.2) is 48.5 Å². The normalized spacial score (nSPS) is 13.9. The maximum absolute atomic E-state index is 12.3. The van der Waals surface area contributed by atoms with Gasteiger partial charge < -0.3 is 10.0 Å². The number of rotatable bonds is 2. The number of benzene rings is 2. The monoisotopic (exact) mass is 267 g/mol. The molecule has 0 fully saturated rings. The summed E-state index contributed by atoms with van der Waals surface area (Å²) in [5, 5.41) is 9.25. The fourth-order valence-corrected chi connectivity index (χ4v) is 2.61. The van der Waals surface area contributed by atoms with Crippen LogP contribution in [0, 0.1) is 0 Å². The third-order valence-corrected chi connectivity index (χ3v) is 3.78. The third-order valence-electron chi connectivity index (χ3n) is 3.78. The Kier molecular flexibility index (Phi) is 3.42. The molecule has 1 N–H and O–H groups in total. The molecule has 2 aromatic carbocycles. The fraction of sp³-hybridized carbons (Fsp3) is 0.235. The van der Waals surface area contributed by atoms with Crippen LogP contribution in [0.5, 0.6) is 5.75 Å². The fourth-order valence-electron chi connectivity index (χ4n) is 2.61. The Bertz CT molecular complexity index is 619. The van der Waals surface area contributed by atoms with E-state index in [1.165, 1.54) is 11.1 Å². The molecule has 2 aromatic rings. The van der Waals surface area contributed by atoms with Gasteiger partial charge in [0.25, 0.3) is 0 Å². The van der Waals surface area contributed by atoms with Crippen LogP contribution in [0.1, 0.15) is 16.7 Å². The molecule has 102 valence electrons. The predicted molar refractivity (Wildman–Crippen MR) is 77.4 cm³/mol. The van der Waals surface area contributed by atoms with Crippen LogP contribution in [0.2, 0.25) is 0 Å². The molecule has 0 bridgehead atoms. The SMILES string of the molecule is O=C(Cc1ccc(O)cc1)N1CCc2ccccc2C1. The third kappa shape index (κ3) is 2.67. The highest BCUT2D eigenvalue weighted by Gasteiger charge is 2.20. The van der Waals surface area contributed by atoms with Crippen molar-refractivity contribution in [3.05, 3.63) is 65.2 Å². The van der Waals surface area contributed by atoms with E-state index in [0.717, 1.165) is 18.5 Å². The second-order valence-electron chi connectivity index (χ2n) is 5.18. The lowest BCUT2D eigenvalue weighted by molar-refractivity contribution is -0.131. The molecule has 0 aliphatic carbocycles. The van der Waals surface area contributed by atoms with Crippen LogP contribution in [0.4, 0.5) is 0 Å². The number of nitrogens with zero attached hydrogens (tertiary/aromatic N) is 1. The minimum Gasteiger partial charge on any atom is -0.508 e. The number of hydrogen-bond donors (Lipinski definition) is 1. The topological polar surface area (TPSA) is 40.5 Å². The molecule has 0 atom stereocenters. The first-order chi connectivity index (χ1) is 9.72. The van der Waals surface area contributed by atoms with E-state index >= 15 is 0 Å².